The van der Waals surface area contributed by atoms with Gasteiger partial charge in [-0.2, -0.15) is 0 Å². The highest BCUT2D eigenvalue weighted by Gasteiger charge is 2.49. The monoisotopic (exact) mass is 433 g/mol. The first kappa shape index (κ1) is 21.8. The number of likely N-dealkylation sites (tertiary alicyclic amines) is 1. The van der Waals surface area contributed by atoms with E-state index in [9.17, 15) is 4.79 Å². The van der Waals surface area contributed by atoms with Crippen LogP contribution < -0.4 is 0 Å². The van der Waals surface area contributed by atoms with Crippen molar-refractivity contribution >= 4 is 28.8 Å². The molecular formula is C26H31N3OS. The van der Waals surface area contributed by atoms with Crippen molar-refractivity contribution in [1.82, 2.24) is 9.80 Å². The SMILES string of the molecule is CCN1CCC2(CC1)N=C(c1ccccc1)C(=S)N2C(=O)c1ccc(C(C)(C)C)cc1. The van der Waals surface area contributed by atoms with Crippen molar-refractivity contribution in [1.29, 1.82) is 0 Å². The predicted molar refractivity (Wildman–Crippen MR) is 131 cm³/mol. The van der Waals surface area contributed by atoms with Gasteiger partial charge in [0.15, 0.2) is 0 Å². The molecule has 1 fully saturated rings. The Labute approximate surface area is 191 Å². The molecule has 162 valence electrons. The zero-order valence-corrected chi connectivity index (χ0v) is 19.7. The Hall–Kier alpha value is -2.37. The van der Waals surface area contributed by atoms with Crippen LogP contribution in [-0.4, -0.2) is 51.7 Å². The topological polar surface area (TPSA) is 35.9 Å². The van der Waals surface area contributed by atoms with E-state index in [-0.39, 0.29) is 11.3 Å². The zero-order valence-electron chi connectivity index (χ0n) is 18.9. The second-order valence-electron chi connectivity index (χ2n) is 9.52. The summed E-state index contributed by atoms with van der Waals surface area (Å²) in [6, 6.07) is 18.0. The van der Waals surface area contributed by atoms with E-state index in [4.69, 9.17) is 17.2 Å². The lowest BCUT2D eigenvalue weighted by molar-refractivity contribution is 0.0544. The molecule has 5 heteroatoms. The number of thiocarbonyl (C=S) groups is 1. The molecule has 2 aliphatic heterocycles. The van der Waals surface area contributed by atoms with Gasteiger partial charge in [-0.1, -0.05) is 82.4 Å². The Kier molecular flexibility index (Phi) is 5.84. The van der Waals surface area contributed by atoms with Crippen molar-refractivity contribution in [3.63, 3.8) is 0 Å². The molecule has 4 nitrogen and oxygen atoms in total. The van der Waals surface area contributed by atoms with E-state index in [0.717, 1.165) is 43.8 Å². The first-order valence-electron chi connectivity index (χ1n) is 11.1. The van der Waals surface area contributed by atoms with Crippen LogP contribution in [0.1, 0.15) is 62.0 Å². The molecule has 2 aliphatic rings. The number of hydrogen-bond donors (Lipinski definition) is 0. The van der Waals surface area contributed by atoms with Gasteiger partial charge in [-0.3, -0.25) is 14.7 Å². The van der Waals surface area contributed by atoms with Crippen LogP contribution in [0.25, 0.3) is 0 Å². The van der Waals surface area contributed by atoms with Crippen molar-refractivity contribution in [3.05, 3.63) is 71.3 Å². The summed E-state index contributed by atoms with van der Waals surface area (Å²) in [5.41, 5.74) is 3.07. The Morgan fingerprint density at radius 1 is 1.03 bits per heavy atom. The summed E-state index contributed by atoms with van der Waals surface area (Å²) in [5.74, 6) is -0.0508. The maximum absolute atomic E-state index is 13.8. The molecule has 0 radical (unpaired) electrons. The molecule has 4 rings (SSSR count). The van der Waals surface area contributed by atoms with Crippen molar-refractivity contribution in [2.75, 3.05) is 19.6 Å². The van der Waals surface area contributed by atoms with Gasteiger partial charge in [0.05, 0.1) is 0 Å². The number of amides is 1. The average molecular weight is 434 g/mol. The first-order valence-corrected chi connectivity index (χ1v) is 11.5. The molecule has 0 aromatic heterocycles. The van der Waals surface area contributed by atoms with Crippen LogP contribution in [0, 0.1) is 0 Å². The van der Waals surface area contributed by atoms with Gasteiger partial charge in [0, 0.05) is 37.1 Å². The predicted octanol–water partition coefficient (Wildman–Crippen LogP) is 5.07. The van der Waals surface area contributed by atoms with E-state index in [1.54, 1.807) is 0 Å². The highest BCUT2D eigenvalue weighted by molar-refractivity contribution is 7.82. The van der Waals surface area contributed by atoms with Gasteiger partial charge < -0.3 is 4.90 Å². The third kappa shape index (κ3) is 4.09. The minimum atomic E-state index is -0.590. The van der Waals surface area contributed by atoms with E-state index in [1.807, 2.05) is 47.4 Å². The molecule has 0 unspecified atom stereocenters. The van der Waals surface area contributed by atoms with Crippen molar-refractivity contribution in [2.24, 2.45) is 4.99 Å². The maximum atomic E-state index is 13.8. The lowest BCUT2D eigenvalue weighted by Crippen LogP contribution is -2.55. The van der Waals surface area contributed by atoms with E-state index in [2.05, 4.69) is 44.7 Å². The smallest absolute Gasteiger partial charge is 0.260 e. The van der Waals surface area contributed by atoms with Gasteiger partial charge in [-0.25, -0.2) is 0 Å². The molecule has 0 atom stereocenters. The van der Waals surface area contributed by atoms with Crippen LogP contribution >= 0.6 is 12.2 Å². The van der Waals surface area contributed by atoms with Crippen LogP contribution in [0.5, 0.6) is 0 Å². The second kappa shape index (κ2) is 8.29. The van der Waals surface area contributed by atoms with Crippen molar-refractivity contribution < 1.29 is 4.79 Å². The molecule has 0 saturated carbocycles. The first-order chi connectivity index (χ1) is 14.7. The quantitative estimate of drug-likeness (QED) is 0.634. The number of hydrogen-bond acceptors (Lipinski definition) is 4. The number of rotatable bonds is 3. The van der Waals surface area contributed by atoms with E-state index in [1.165, 1.54) is 5.56 Å². The van der Waals surface area contributed by atoms with E-state index < -0.39 is 5.66 Å². The van der Waals surface area contributed by atoms with Crippen molar-refractivity contribution in [2.45, 2.75) is 51.6 Å². The largest absolute Gasteiger partial charge is 0.303 e. The normalized spacial score (nSPS) is 19.0. The molecular weight excluding hydrogens is 402 g/mol. The van der Waals surface area contributed by atoms with Crippen LogP contribution in [0.4, 0.5) is 0 Å². The molecule has 0 bridgehead atoms. The molecule has 2 heterocycles. The van der Waals surface area contributed by atoms with Gasteiger partial charge in [0.1, 0.15) is 16.4 Å². The Bertz CT molecular complexity index is 997. The second-order valence-corrected chi connectivity index (χ2v) is 9.90. The lowest BCUT2D eigenvalue weighted by Gasteiger charge is -2.42. The van der Waals surface area contributed by atoms with Crippen LogP contribution in [0.15, 0.2) is 59.6 Å². The third-order valence-corrected chi connectivity index (χ3v) is 6.87. The van der Waals surface area contributed by atoms with Gasteiger partial charge in [-0.05, 0) is 29.7 Å². The highest BCUT2D eigenvalue weighted by atomic mass is 32.1. The van der Waals surface area contributed by atoms with Crippen LogP contribution in [-0.2, 0) is 5.41 Å². The highest BCUT2D eigenvalue weighted by Crippen LogP contribution is 2.38. The number of nitrogens with zero attached hydrogens (tertiary/aromatic N) is 3. The minimum absolute atomic E-state index is 0.0440. The number of carbonyl (C=O) groups excluding carboxylic acids is 1. The summed E-state index contributed by atoms with van der Waals surface area (Å²) in [6.45, 7) is 11.5. The zero-order chi connectivity index (χ0) is 22.2. The fraction of sp³-hybridized carbons (Fsp3) is 0.423. The summed E-state index contributed by atoms with van der Waals surface area (Å²) < 4.78 is 0. The Balaban J connectivity index is 1.71. The van der Waals surface area contributed by atoms with Gasteiger partial charge in [0.25, 0.3) is 5.91 Å². The van der Waals surface area contributed by atoms with E-state index in [0.29, 0.717) is 10.6 Å². The maximum Gasteiger partial charge on any atom is 0.260 e. The fourth-order valence-electron chi connectivity index (χ4n) is 4.47. The van der Waals surface area contributed by atoms with Gasteiger partial charge >= 0.3 is 0 Å². The minimum Gasteiger partial charge on any atom is -0.303 e. The van der Waals surface area contributed by atoms with Crippen molar-refractivity contribution in [3.8, 4) is 0 Å². The molecule has 31 heavy (non-hydrogen) atoms. The number of piperidine rings is 1. The van der Waals surface area contributed by atoms with Gasteiger partial charge in [-0.15, -0.1) is 0 Å². The molecule has 0 N–H and O–H groups in total. The summed E-state index contributed by atoms with van der Waals surface area (Å²) >= 11 is 5.88. The summed E-state index contributed by atoms with van der Waals surface area (Å²) in [6.07, 6.45) is 1.59. The Morgan fingerprint density at radius 2 is 1.65 bits per heavy atom. The fourth-order valence-corrected chi connectivity index (χ4v) is 4.89. The summed E-state index contributed by atoms with van der Waals surface area (Å²) in [4.78, 5) is 23.7. The summed E-state index contributed by atoms with van der Waals surface area (Å²) in [7, 11) is 0. The Morgan fingerprint density at radius 3 is 2.19 bits per heavy atom. The number of carbonyl (C=O) groups is 1. The standard InChI is InChI=1S/C26H31N3OS/c1-5-28-17-15-26(16-18-28)27-22(19-9-7-6-8-10-19)24(31)29(26)23(30)20-11-13-21(14-12-20)25(2,3)4/h6-14H,5,15-18H2,1-4H3. The van der Waals surface area contributed by atoms with Gasteiger partial charge in [0.2, 0.25) is 0 Å². The van der Waals surface area contributed by atoms with E-state index >= 15 is 0 Å². The molecule has 1 amide bonds. The summed E-state index contributed by atoms with van der Waals surface area (Å²) in [5, 5.41) is 0. The lowest BCUT2D eigenvalue weighted by atomic mass is 9.86. The molecule has 1 saturated heterocycles. The molecule has 2 aromatic rings. The molecule has 1 spiro atoms. The molecule has 0 aliphatic carbocycles. The van der Waals surface area contributed by atoms with Crippen LogP contribution in [0.2, 0.25) is 0 Å². The third-order valence-electron chi connectivity index (χ3n) is 6.49. The average Bonchev–Trinajstić information content (AvgIpc) is 3.05. The molecule has 2 aromatic carbocycles. The number of benzene rings is 2. The van der Waals surface area contributed by atoms with Crippen LogP contribution in [0.3, 0.4) is 0 Å². The number of aliphatic imine (C=N–C) groups is 1.